The van der Waals surface area contributed by atoms with E-state index in [9.17, 15) is 4.39 Å². The molecular formula is C25H23ClFN5. The first kappa shape index (κ1) is 20.5. The fraction of sp³-hybridized carbons (Fsp3) is 0.200. The van der Waals surface area contributed by atoms with Crippen LogP contribution in [0.1, 0.15) is 5.56 Å². The molecule has 0 radical (unpaired) electrons. The van der Waals surface area contributed by atoms with E-state index in [1.165, 1.54) is 12.1 Å². The van der Waals surface area contributed by atoms with Gasteiger partial charge < -0.3 is 15.1 Å². The lowest BCUT2D eigenvalue weighted by atomic mass is 10.2. The Bertz CT molecular complexity index is 1220. The van der Waals surface area contributed by atoms with E-state index in [0.29, 0.717) is 12.5 Å². The van der Waals surface area contributed by atoms with E-state index >= 15 is 0 Å². The Hall–Kier alpha value is -3.38. The van der Waals surface area contributed by atoms with E-state index in [0.717, 1.165) is 59.2 Å². The number of anilines is 3. The molecule has 1 N–H and O–H groups in total. The van der Waals surface area contributed by atoms with Crippen molar-refractivity contribution in [2.45, 2.75) is 6.54 Å². The van der Waals surface area contributed by atoms with E-state index in [-0.39, 0.29) is 5.82 Å². The number of hydrogen-bond donors (Lipinski definition) is 1. The number of para-hydroxylation sites is 2. The fourth-order valence-corrected chi connectivity index (χ4v) is 4.24. The first-order valence-corrected chi connectivity index (χ1v) is 11.0. The summed E-state index contributed by atoms with van der Waals surface area (Å²) in [4.78, 5) is 14.2. The van der Waals surface area contributed by atoms with Gasteiger partial charge in [0, 0.05) is 38.1 Å². The molecule has 1 saturated heterocycles. The second-order valence-corrected chi connectivity index (χ2v) is 8.20. The Kier molecular flexibility index (Phi) is 5.77. The number of rotatable bonds is 5. The summed E-state index contributed by atoms with van der Waals surface area (Å²) in [5.41, 5.74) is 2.95. The molecule has 1 fully saturated rings. The number of nitrogens with zero attached hydrogens (tertiary/aromatic N) is 4. The van der Waals surface area contributed by atoms with Crippen LogP contribution >= 0.6 is 11.6 Å². The molecule has 3 aromatic carbocycles. The smallest absolute Gasteiger partial charge is 0.228 e. The van der Waals surface area contributed by atoms with Gasteiger partial charge in [0.15, 0.2) is 0 Å². The first-order valence-electron chi connectivity index (χ1n) is 10.7. The molecule has 0 unspecified atom stereocenters. The maximum Gasteiger partial charge on any atom is 0.228 e. The Balaban J connectivity index is 1.36. The second-order valence-electron chi connectivity index (χ2n) is 7.79. The van der Waals surface area contributed by atoms with Gasteiger partial charge in [0.2, 0.25) is 5.95 Å². The minimum Gasteiger partial charge on any atom is -0.367 e. The highest BCUT2D eigenvalue weighted by Crippen LogP contribution is 2.28. The SMILES string of the molecule is Fc1ccc(CNc2nc(N3CCN(c4ccccc4Cl)CC3)nc3ccccc23)cc1. The summed E-state index contributed by atoms with van der Waals surface area (Å²) in [6, 6.07) is 22.4. The van der Waals surface area contributed by atoms with Gasteiger partial charge in [-0.25, -0.2) is 9.37 Å². The van der Waals surface area contributed by atoms with Crippen molar-refractivity contribution in [3.8, 4) is 0 Å². The summed E-state index contributed by atoms with van der Waals surface area (Å²) >= 11 is 6.38. The monoisotopic (exact) mass is 447 g/mol. The Morgan fingerprint density at radius 2 is 1.50 bits per heavy atom. The third-order valence-electron chi connectivity index (χ3n) is 5.72. The maximum absolute atomic E-state index is 13.2. The molecule has 0 atom stereocenters. The van der Waals surface area contributed by atoms with Crippen molar-refractivity contribution in [2.24, 2.45) is 0 Å². The number of benzene rings is 3. The molecule has 5 rings (SSSR count). The lowest BCUT2D eigenvalue weighted by molar-refractivity contribution is 0.627. The molecule has 0 amide bonds. The van der Waals surface area contributed by atoms with Crippen LogP contribution in [0.4, 0.5) is 21.8 Å². The molecule has 2 heterocycles. The molecule has 1 aliphatic heterocycles. The van der Waals surface area contributed by atoms with Crippen LogP contribution in [0.5, 0.6) is 0 Å². The summed E-state index contributed by atoms with van der Waals surface area (Å²) in [7, 11) is 0. The van der Waals surface area contributed by atoms with Gasteiger partial charge in [0.25, 0.3) is 0 Å². The van der Waals surface area contributed by atoms with Crippen molar-refractivity contribution >= 4 is 40.0 Å². The van der Waals surface area contributed by atoms with Crippen molar-refractivity contribution in [1.29, 1.82) is 0 Å². The zero-order chi connectivity index (χ0) is 21.9. The number of nitrogens with one attached hydrogen (secondary N) is 1. The summed E-state index contributed by atoms with van der Waals surface area (Å²) < 4.78 is 13.2. The first-order chi connectivity index (χ1) is 15.7. The molecule has 4 aromatic rings. The molecule has 0 spiro atoms. The number of piperazine rings is 1. The third-order valence-corrected chi connectivity index (χ3v) is 6.04. The highest BCUT2D eigenvalue weighted by Gasteiger charge is 2.21. The van der Waals surface area contributed by atoms with Gasteiger partial charge in [0.1, 0.15) is 11.6 Å². The number of aromatic nitrogens is 2. The summed E-state index contributed by atoms with van der Waals surface area (Å²) in [6.07, 6.45) is 0. The quantitative estimate of drug-likeness (QED) is 0.446. The minimum atomic E-state index is -0.237. The Morgan fingerprint density at radius 3 is 2.28 bits per heavy atom. The molecule has 1 aliphatic rings. The molecule has 5 nitrogen and oxygen atoms in total. The van der Waals surface area contributed by atoms with Crippen molar-refractivity contribution in [3.63, 3.8) is 0 Å². The van der Waals surface area contributed by atoms with E-state index in [1.807, 2.05) is 42.5 Å². The van der Waals surface area contributed by atoms with E-state index in [4.69, 9.17) is 21.6 Å². The summed E-state index contributed by atoms with van der Waals surface area (Å²) in [5.74, 6) is 1.26. The van der Waals surface area contributed by atoms with Crippen LogP contribution in [0.15, 0.2) is 72.8 Å². The molecule has 32 heavy (non-hydrogen) atoms. The van der Waals surface area contributed by atoms with Crippen LogP contribution in [0, 0.1) is 5.82 Å². The van der Waals surface area contributed by atoms with Crippen LogP contribution < -0.4 is 15.1 Å². The van der Waals surface area contributed by atoms with Crippen LogP contribution in [-0.4, -0.2) is 36.1 Å². The van der Waals surface area contributed by atoms with Crippen molar-refractivity contribution < 1.29 is 4.39 Å². The van der Waals surface area contributed by atoms with Gasteiger partial charge in [-0.3, -0.25) is 0 Å². The van der Waals surface area contributed by atoms with Gasteiger partial charge in [-0.1, -0.05) is 48.0 Å². The largest absolute Gasteiger partial charge is 0.367 e. The topological polar surface area (TPSA) is 44.3 Å². The lowest BCUT2D eigenvalue weighted by Gasteiger charge is -2.36. The molecule has 0 bridgehead atoms. The summed E-state index contributed by atoms with van der Waals surface area (Å²) in [6.45, 7) is 3.86. The molecule has 7 heteroatoms. The predicted octanol–water partition coefficient (Wildman–Crippen LogP) is 5.36. The van der Waals surface area contributed by atoms with Crippen LogP contribution in [0.3, 0.4) is 0 Å². The van der Waals surface area contributed by atoms with Crippen LogP contribution in [0.25, 0.3) is 10.9 Å². The average Bonchev–Trinajstić information content (AvgIpc) is 2.84. The number of fused-ring (bicyclic) bond motifs is 1. The van der Waals surface area contributed by atoms with E-state index in [2.05, 4.69) is 21.2 Å². The highest BCUT2D eigenvalue weighted by molar-refractivity contribution is 6.33. The Labute approximate surface area is 191 Å². The van der Waals surface area contributed by atoms with Crippen LogP contribution in [-0.2, 0) is 6.54 Å². The fourth-order valence-electron chi connectivity index (χ4n) is 3.98. The normalized spacial score (nSPS) is 14.1. The van der Waals surface area contributed by atoms with E-state index < -0.39 is 0 Å². The van der Waals surface area contributed by atoms with Crippen LogP contribution in [0.2, 0.25) is 5.02 Å². The van der Waals surface area contributed by atoms with Gasteiger partial charge in [-0.2, -0.15) is 4.98 Å². The molecule has 1 aromatic heterocycles. The van der Waals surface area contributed by atoms with Crippen molar-refractivity contribution in [1.82, 2.24) is 9.97 Å². The second kappa shape index (κ2) is 9.01. The average molecular weight is 448 g/mol. The predicted molar refractivity (Wildman–Crippen MR) is 129 cm³/mol. The zero-order valence-electron chi connectivity index (χ0n) is 17.5. The number of halogens is 2. The molecule has 162 valence electrons. The highest BCUT2D eigenvalue weighted by atomic mass is 35.5. The zero-order valence-corrected chi connectivity index (χ0v) is 18.3. The molecular weight excluding hydrogens is 425 g/mol. The maximum atomic E-state index is 13.2. The van der Waals surface area contributed by atoms with Gasteiger partial charge in [0.05, 0.1) is 16.2 Å². The van der Waals surface area contributed by atoms with Gasteiger partial charge in [-0.15, -0.1) is 0 Å². The van der Waals surface area contributed by atoms with Crippen molar-refractivity contribution in [3.05, 3.63) is 89.2 Å². The van der Waals surface area contributed by atoms with E-state index in [1.54, 1.807) is 12.1 Å². The lowest BCUT2D eigenvalue weighted by Crippen LogP contribution is -2.47. The summed E-state index contributed by atoms with van der Waals surface area (Å²) in [5, 5.41) is 5.16. The third kappa shape index (κ3) is 4.32. The Morgan fingerprint density at radius 1 is 0.812 bits per heavy atom. The number of hydrogen-bond acceptors (Lipinski definition) is 5. The standard InChI is InChI=1S/C25H23ClFN5/c26-21-6-2-4-8-23(21)31-13-15-32(16-14-31)25-29-22-7-3-1-5-20(22)24(30-25)28-17-18-9-11-19(27)12-10-18/h1-12H,13-17H2,(H,28,29,30). The van der Waals surface area contributed by atoms with Gasteiger partial charge in [-0.05, 0) is 42.0 Å². The molecule has 0 aliphatic carbocycles. The molecule has 0 saturated carbocycles. The minimum absolute atomic E-state index is 0.237. The van der Waals surface area contributed by atoms with Crippen molar-refractivity contribution in [2.75, 3.05) is 41.3 Å². The van der Waals surface area contributed by atoms with Gasteiger partial charge >= 0.3 is 0 Å².